The van der Waals surface area contributed by atoms with Gasteiger partial charge in [-0.25, -0.2) is 0 Å². The molecule has 0 unspecified atom stereocenters. The molecule has 1 rings (SSSR count). The molecule has 0 amide bonds. The van der Waals surface area contributed by atoms with Crippen LogP contribution in [0.3, 0.4) is 0 Å². The highest BCUT2D eigenvalue weighted by atomic mass is 79.9. The standard InChI is InChI=1S/C9H7BrCl2O/c1-2-7(13)5-3-4-6(11)9(12)8(5)10/h3-4H,2H2,1H3. The van der Waals surface area contributed by atoms with Crippen molar-refractivity contribution in [2.24, 2.45) is 0 Å². The second-order valence-electron chi connectivity index (χ2n) is 2.50. The van der Waals surface area contributed by atoms with Crippen LogP contribution in [0.1, 0.15) is 23.7 Å². The molecule has 0 aliphatic heterocycles. The summed E-state index contributed by atoms with van der Waals surface area (Å²) in [7, 11) is 0. The molecule has 0 aromatic heterocycles. The molecule has 1 aromatic rings. The first-order valence-corrected chi connectivity index (χ1v) is 5.29. The third-order valence-corrected chi connectivity index (χ3v) is 3.51. The molecule has 0 radical (unpaired) electrons. The summed E-state index contributed by atoms with van der Waals surface area (Å²) < 4.78 is 0.577. The zero-order chi connectivity index (χ0) is 10.0. The van der Waals surface area contributed by atoms with E-state index in [0.717, 1.165) is 0 Å². The Labute approximate surface area is 95.2 Å². The number of benzene rings is 1. The van der Waals surface area contributed by atoms with Gasteiger partial charge in [-0.1, -0.05) is 30.1 Å². The first kappa shape index (κ1) is 11.0. The van der Waals surface area contributed by atoms with E-state index in [1.807, 2.05) is 0 Å². The minimum Gasteiger partial charge on any atom is -0.294 e. The zero-order valence-electron chi connectivity index (χ0n) is 6.90. The number of carbonyl (C=O) groups excluding carboxylic acids is 1. The summed E-state index contributed by atoms with van der Waals surface area (Å²) in [5, 5.41) is 0.835. The third kappa shape index (κ3) is 2.25. The number of ketones is 1. The molecule has 1 aromatic carbocycles. The van der Waals surface area contributed by atoms with Gasteiger partial charge in [0.1, 0.15) is 0 Å². The number of Topliss-reactive ketones (excluding diaryl/α,β-unsaturated/α-hetero) is 1. The maximum Gasteiger partial charge on any atom is 0.163 e. The second-order valence-corrected chi connectivity index (χ2v) is 4.08. The van der Waals surface area contributed by atoms with E-state index in [2.05, 4.69) is 15.9 Å². The van der Waals surface area contributed by atoms with E-state index in [4.69, 9.17) is 23.2 Å². The van der Waals surface area contributed by atoms with Crippen LogP contribution in [0.25, 0.3) is 0 Å². The normalized spacial score (nSPS) is 10.2. The van der Waals surface area contributed by atoms with E-state index in [1.54, 1.807) is 19.1 Å². The number of hydrogen-bond acceptors (Lipinski definition) is 1. The topological polar surface area (TPSA) is 17.1 Å². The van der Waals surface area contributed by atoms with Crippen molar-refractivity contribution in [3.8, 4) is 0 Å². The Hall–Kier alpha value is -0.0500. The fourth-order valence-corrected chi connectivity index (χ4v) is 1.93. The summed E-state index contributed by atoms with van der Waals surface area (Å²) >= 11 is 14.8. The lowest BCUT2D eigenvalue weighted by Gasteiger charge is -2.04. The summed E-state index contributed by atoms with van der Waals surface area (Å²) in [4.78, 5) is 11.4. The van der Waals surface area contributed by atoms with Gasteiger partial charge in [-0.15, -0.1) is 0 Å². The highest BCUT2D eigenvalue weighted by molar-refractivity contribution is 9.10. The largest absolute Gasteiger partial charge is 0.294 e. The lowest BCUT2D eigenvalue weighted by molar-refractivity contribution is 0.0987. The van der Waals surface area contributed by atoms with Gasteiger partial charge in [0.2, 0.25) is 0 Å². The Morgan fingerprint density at radius 3 is 2.62 bits per heavy atom. The summed E-state index contributed by atoms with van der Waals surface area (Å²) in [5.74, 6) is 0.0467. The molecule has 4 heteroatoms. The Bertz CT molecular complexity index is 350. The van der Waals surface area contributed by atoms with Crippen molar-refractivity contribution in [3.05, 3.63) is 32.2 Å². The molecule has 0 heterocycles. The molecule has 70 valence electrons. The predicted octanol–water partition coefficient (Wildman–Crippen LogP) is 4.35. The summed E-state index contributed by atoms with van der Waals surface area (Å²) in [5.41, 5.74) is 0.580. The zero-order valence-corrected chi connectivity index (χ0v) is 10.0. The van der Waals surface area contributed by atoms with Crippen LogP contribution in [0.4, 0.5) is 0 Å². The average Bonchev–Trinajstić information content (AvgIpc) is 2.13. The Kier molecular flexibility index (Phi) is 3.77. The fourth-order valence-electron chi connectivity index (χ4n) is 0.932. The highest BCUT2D eigenvalue weighted by Gasteiger charge is 2.12. The van der Waals surface area contributed by atoms with Crippen LogP contribution in [0, 0.1) is 0 Å². The van der Waals surface area contributed by atoms with Crippen LogP contribution in [-0.4, -0.2) is 5.78 Å². The first-order valence-electron chi connectivity index (χ1n) is 3.74. The molecule has 0 fully saturated rings. The molecule has 0 atom stereocenters. The monoisotopic (exact) mass is 280 g/mol. The van der Waals surface area contributed by atoms with Gasteiger partial charge in [-0.3, -0.25) is 4.79 Å². The van der Waals surface area contributed by atoms with Crippen LogP contribution >= 0.6 is 39.1 Å². The summed E-state index contributed by atoms with van der Waals surface area (Å²) in [6.45, 7) is 1.80. The van der Waals surface area contributed by atoms with Crippen molar-refractivity contribution in [3.63, 3.8) is 0 Å². The molecule has 1 nitrogen and oxygen atoms in total. The van der Waals surface area contributed by atoms with E-state index >= 15 is 0 Å². The Balaban J connectivity index is 3.26. The van der Waals surface area contributed by atoms with Gasteiger partial charge in [0.05, 0.1) is 10.0 Å². The number of carbonyl (C=O) groups is 1. The van der Waals surface area contributed by atoms with E-state index in [0.29, 0.717) is 26.5 Å². The Morgan fingerprint density at radius 1 is 1.46 bits per heavy atom. The summed E-state index contributed by atoms with van der Waals surface area (Å²) in [6, 6.07) is 3.29. The SMILES string of the molecule is CCC(=O)c1ccc(Cl)c(Cl)c1Br. The molecule has 0 aliphatic carbocycles. The third-order valence-electron chi connectivity index (χ3n) is 1.66. The quantitative estimate of drug-likeness (QED) is 0.582. The molecular weight excluding hydrogens is 275 g/mol. The van der Waals surface area contributed by atoms with Crippen molar-refractivity contribution in [2.45, 2.75) is 13.3 Å². The van der Waals surface area contributed by atoms with Gasteiger partial charge in [-0.05, 0) is 28.1 Å². The van der Waals surface area contributed by atoms with Crippen molar-refractivity contribution in [1.29, 1.82) is 0 Å². The smallest absolute Gasteiger partial charge is 0.163 e. The molecule has 0 saturated carbocycles. The molecule has 0 spiro atoms. The van der Waals surface area contributed by atoms with Crippen molar-refractivity contribution < 1.29 is 4.79 Å². The van der Waals surface area contributed by atoms with E-state index in [9.17, 15) is 4.79 Å². The highest BCUT2D eigenvalue weighted by Crippen LogP contribution is 2.33. The van der Waals surface area contributed by atoms with Crippen molar-refractivity contribution in [1.82, 2.24) is 0 Å². The summed E-state index contributed by atoms with van der Waals surface area (Å²) in [6.07, 6.45) is 0.455. The molecule has 0 aliphatic rings. The van der Waals surface area contributed by atoms with E-state index < -0.39 is 0 Å². The fraction of sp³-hybridized carbons (Fsp3) is 0.222. The van der Waals surface area contributed by atoms with E-state index in [-0.39, 0.29) is 5.78 Å². The molecular formula is C9H7BrCl2O. The van der Waals surface area contributed by atoms with Gasteiger partial charge in [0.25, 0.3) is 0 Å². The lowest BCUT2D eigenvalue weighted by Crippen LogP contribution is -1.97. The van der Waals surface area contributed by atoms with Crippen LogP contribution in [0.2, 0.25) is 10.0 Å². The van der Waals surface area contributed by atoms with Gasteiger partial charge >= 0.3 is 0 Å². The lowest BCUT2D eigenvalue weighted by atomic mass is 10.1. The number of halogens is 3. The van der Waals surface area contributed by atoms with Gasteiger partial charge in [-0.2, -0.15) is 0 Å². The van der Waals surface area contributed by atoms with Crippen LogP contribution in [0.5, 0.6) is 0 Å². The minimum atomic E-state index is 0.0467. The molecule has 0 N–H and O–H groups in total. The minimum absolute atomic E-state index is 0.0467. The van der Waals surface area contributed by atoms with Gasteiger partial charge in [0, 0.05) is 16.5 Å². The van der Waals surface area contributed by atoms with Gasteiger partial charge < -0.3 is 0 Å². The van der Waals surface area contributed by atoms with E-state index in [1.165, 1.54) is 0 Å². The maximum atomic E-state index is 11.4. The molecule has 0 saturated heterocycles. The van der Waals surface area contributed by atoms with Crippen molar-refractivity contribution >= 4 is 44.9 Å². The first-order chi connectivity index (χ1) is 6.07. The predicted molar refractivity (Wildman–Crippen MR) is 58.8 cm³/mol. The van der Waals surface area contributed by atoms with Gasteiger partial charge in [0.15, 0.2) is 5.78 Å². The second kappa shape index (κ2) is 4.45. The Morgan fingerprint density at radius 2 is 2.08 bits per heavy atom. The molecule has 0 bridgehead atoms. The average molecular weight is 282 g/mol. The maximum absolute atomic E-state index is 11.4. The number of rotatable bonds is 2. The molecule has 13 heavy (non-hydrogen) atoms. The van der Waals surface area contributed by atoms with Crippen LogP contribution in [0.15, 0.2) is 16.6 Å². The van der Waals surface area contributed by atoms with Crippen LogP contribution < -0.4 is 0 Å². The number of hydrogen-bond donors (Lipinski definition) is 0. The van der Waals surface area contributed by atoms with Crippen LogP contribution in [-0.2, 0) is 0 Å². The van der Waals surface area contributed by atoms with Crippen molar-refractivity contribution in [2.75, 3.05) is 0 Å².